The van der Waals surface area contributed by atoms with Crippen LogP contribution in [0.3, 0.4) is 0 Å². The molecular weight excluding hydrogens is 476 g/mol. The van der Waals surface area contributed by atoms with Gasteiger partial charge in [0.15, 0.2) is 6.61 Å². The van der Waals surface area contributed by atoms with E-state index in [1.807, 2.05) is 36.4 Å². The Balaban J connectivity index is 1.89. The lowest BCUT2D eigenvalue weighted by molar-refractivity contribution is -0.123. The second-order valence-corrected chi connectivity index (χ2v) is 7.74. The smallest absolute Gasteiger partial charge is 0.277 e. The summed E-state index contributed by atoms with van der Waals surface area (Å²) in [5, 5.41) is 3.97. The summed E-state index contributed by atoms with van der Waals surface area (Å²) in [7, 11) is 1.57. The third kappa shape index (κ3) is 6.36. The van der Waals surface area contributed by atoms with Crippen molar-refractivity contribution in [2.45, 2.75) is 26.2 Å². The Morgan fingerprint density at radius 3 is 2.59 bits per heavy atom. The Morgan fingerprint density at radius 2 is 1.96 bits per heavy atom. The van der Waals surface area contributed by atoms with E-state index in [1.54, 1.807) is 7.11 Å². The van der Waals surface area contributed by atoms with Gasteiger partial charge in [-0.25, -0.2) is 5.43 Å². The van der Waals surface area contributed by atoms with Crippen LogP contribution in [-0.4, -0.2) is 25.8 Å². The fraction of sp³-hybridized carbons (Fsp3) is 0.300. The molecule has 0 spiro atoms. The van der Waals surface area contributed by atoms with Crippen LogP contribution < -0.4 is 14.9 Å². The van der Waals surface area contributed by atoms with Crippen LogP contribution >= 0.6 is 31.9 Å². The van der Waals surface area contributed by atoms with Gasteiger partial charge < -0.3 is 9.47 Å². The molecule has 1 unspecified atom stereocenters. The number of carbonyl (C=O) groups is 1. The Labute approximate surface area is 176 Å². The number of nitrogens with zero attached hydrogens (tertiary/aromatic N) is 1. The van der Waals surface area contributed by atoms with Gasteiger partial charge in [-0.3, -0.25) is 4.79 Å². The van der Waals surface area contributed by atoms with Crippen LogP contribution in [0.1, 0.15) is 37.3 Å². The van der Waals surface area contributed by atoms with Gasteiger partial charge >= 0.3 is 0 Å². The predicted octanol–water partition coefficient (Wildman–Crippen LogP) is 5.26. The van der Waals surface area contributed by atoms with E-state index in [1.165, 1.54) is 11.8 Å². The standard InChI is InChI=1S/C20H22Br2N2O3/c1-4-13(2)14-5-7-17(8-6-14)27-12-19(25)24-23-11-15-9-16(21)10-18(22)20(15)26-3/h5-11,13H,4,12H2,1-3H3,(H,24,25)/b23-11-. The average Bonchev–Trinajstić information content (AvgIpc) is 2.66. The minimum atomic E-state index is -0.342. The van der Waals surface area contributed by atoms with Crippen molar-refractivity contribution in [2.75, 3.05) is 13.7 Å². The average molecular weight is 498 g/mol. The number of rotatable bonds is 8. The van der Waals surface area contributed by atoms with Crippen LogP contribution in [0.5, 0.6) is 11.5 Å². The quantitative estimate of drug-likeness (QED) is 0.399. The summed E-state index contributed by atoms with van der Waals surface area (Å²) in [4.78, 5) is 11.9. The zero-order valence-electron chi connectivity index (χ0n) is 15.5. The van der Waals surface area contributed by atoms with Gasteiger partial charge in [0.05, 0.1) is 17.8 Å². The molecular formula is C20H22Br2N2O3. The van der Waals surface area contributed by atoms with Gasteiger partial charge in [-0.15, -0.1) is 0 Å². The van der Waals surface area contributed by atoms with Gasteiger partial charge in [-0.1, -0.05) is 41.9 Å². The summed E-state index contributed by atoms with van der Waals surface area (Å²) in [5.74, 6) is 1.45. The minimum Gasteiger partial charge on any atom is -0.495 e. The number of nitrogens with one attached hydrogen (secondary N) is 1. The molecule has 0 radical (unpaired) electrons. The maximum atomic E-state index is 11.9. The fourth-order valence-corrected chi connectivity index (χ4v) is 3.79. The van der Waals surface area contributed by atoms with Crippen molar-refractivity contribution in [3.63, 3.8) is 0 Å². The first-order valence-electron chi connectivity index (χ1n) is 8.52. The molecule has 0 fully saturated rings. The van der Waals surface area contributed by atoms with E-state index in [2.05, 4.69) is 56.2 Å². The molecule has 7 heteroatoms. The van der Waals surface area contributed by atoms with Crippen molar-refractivity contribution in [1.29, 1.82) is 0 Å². The zero-order chi connectivity index (χ0) is 19.8. The van der Waals surface area contributed by atoms with E-state index < -0.39 is 0 Å². The molecule has 27 heavy (non-hydrogen) atoms. The van der Waals surface area contributed by atoms with Crippen LogP contribution in [0, 0.1) is 0 Å². The lowest BCUT2D eigenvalue weighted by atomic mass is 9.99. The Morgan fingerprint density at radius 1 is 1.26 bits per heavy atom. The van der Waals surface area contributed by atoms with E-state index in [9.17, 15) is 4.79 Å². The molecule has 2 rings (SSSR count). The molecule has 0 saturated heterocycles. The second kappa shape index (κ2) is 10.5. The SMILES string of the molecule is CCC(C)c1ccc(OCC(=O)N/N=C\c2cc(Br)cc(Br)c2OC)cc1. The Kier molecular flexibility index (Phi) is 8.31. The van der Waals surface area contributed by atoms with Crippen LogP contribution in [0.15, 0.2) is 50.4 Å². The van der Waals surface area contributed by atoms with Gasteiger partial charge in [0.1, 0.15) is 11.5 Å². The Bertz CT molecular complexity index is 808. The number of hydrogen-bond donors (Lipinski definition) is 1. The molecule has 0 saturated carbocycles. The van der Waals surface area contributed by atoms with Crippen molar-refractivity contribution in [3.8, 4) is 11.5 Å². The van der Waals surface area contributed by atoms with Crippen LogP contribution in [0.4, 0.5) is 0 Å². The molecule has 1 N–H and O–H groups in total. The maximum absolute atomic E-state index is 11.9. The summed E-state index contributed by atoms with van der Waals surface area (Å²) in [6, 6.07) is 11.5. The van der Waals surface area contributed by atoms with Gasteiger partial charge in [0.25, 0.3) is 5.91 Å². The molecule has 0 aliphatic rings. The molecule has 1 atom stereocenters. The number of hydrazone groups is 1. The fourth-order valence-electron chi connectivity index (χ4n) is 2.37. The summed E-state index contributed by atoms with van der Waals surface area (Å²) < 4.78 is 12.5. The highest BCUT2D eigenvalue weighted by atomic mass is 79.9. The third-order valence-corrected chi connectivity index (χ3v) is 5.11. The van der Waals surface area contributed by atoms with E-state index in [4.69, 9.17) is 9.47 Å². The summed E-state index contributed by atoms with van der Waals surface area (Å²) >= 11 is 6.84. The molecule has 0 heterocycles. The van der Waals surface area contributed by atoms with Gasteiger partial charge in [0, 0.05) is 10.0 Å². The van der Waals surface area contributed by atoms with Crippen LogP contribution in [0.2, 0.25) is 0 Å². The molecule has 0 bridgehead atoms. The lowest BCUT2D eigenvalue weighted by Crippen LogP contribution is -2.24. The summed E-state index contributed by atoms with van der Waals surface area (Å²) in [5.41, 5.74) is 4.43. The van der Waals surface area contributed by atoms with Crippen molar-refractivity contribution < 1.29 is 14.3 Å². The normalized spacial score (nSPS) is 12.0. The lowest BCUT2D eigenvalue weighted by Gasteiger charge is -2.10. The summed E-state index contributed by atoms with van der Waals surface area (Å²) in [6.45, 7) is 4.22. The highest BCUT2D eigenvalue weighted by Crippen LogP contribution is 2.31. The summed E-state index contributed by atoms with van der Waals surface area (Å²) in [6.07, 6.45) is 2.60. The topological polar surface area (TPSA) is 59.9 Å². The molecule has 1 amide bonds. The molecule has 2 aromatic carbocycles. The van der Waals surface area contributed by atoms with Crippen molar-refractivity contribution in [3.05, 3.63) is 56.5 Å². The number of carbonyl (C=O) groups excluding carboxylic acids is 1. The van der Waals surface area contributed by atoms with Crippen molar-refractivity contribution in [2.24, 2.45) is 5.10 Å². The number of ether oxygens (including phenoxy) is 2. The molecule has 2 aromatic rings. The number of methoxy groups -OCH3 is 1. The van der Waals surface area contributed by atoms with Gasteiger partial charge in [-0.2, -0.15) is 5.10 Å². The first-order valence-corrected chi connectivity index (χ1v) is 10.1. The van der Waals surface area contributed by atoms with Crippen molar-refractivity contribution >= 4 is 44.0 Å². The van der Waals surface area contributed by atoms with E-state index >= 15 is 0 Å². The second-order valence-electron chi connectivity index (χ2n) is 5.97. The molecule has 0 aromatic heterocycles. The monoisotopic (exact) mass is 496 g/mol. The first-order chi connectivity index (χ1) is 12.9. The molecule has 0 aliphatic heterocycles. The Hall–Kier alpha value is -1.86. The molecule has 0 aliphatic carbocycles. The number of hydrogen-bond acceptors (Lipinski definition) is 4. The molecule has 5 nitrogen and oxygen atoms in total. The number of amides is 1. The van der Waals surface area contributed by atoms with Gasteiger partial charge in [0.2, 0.25) is 0 Å². The van der Waals surface area contributed by atoms with Crippen molar-refractivity contribution in [1.82, 2.24) is 5.43 Å². The van der Waals surface area contributed by atoms with E-state index in [0.717, 1.165) is 20.9 Å². The number of benzene rings is 2. The highest BCUT2D eigenvalue weighted by Gasteiger charge is 2.08. The van der Waals surface area contributed by atoms with E-state index in [-0.39, 0.29) is 12.5 Å². The first kappa shape index (κ1) is 21.4. The maximum Gasteiger partial charge on any atom is 0.277 e. The largest absolute Gasteiger partial charge is 0.495 e. The minimum absolute atomic E-state index is 0.112. The van der Waals surface area contributed by atoms with Crippen LogP contribution in [-0.2, 0) is 4.79 Å². The van der Waals surface area contributed by atoms with E-state index in [0.29, 0.717) is 17.4 Å². The van der Waals surface area contributed by atoms with Crippen LogP contribution in [0.25, 0.3) is 0 Å². The molecule has 144 valence electrons. The van der Waals surface area contributed by atoms with Gasteiger partial charge in [-0.05, 0) is 58.1 Å². The third-order valence-electron chi connectivity index (χ3n) is 4.07. The predicted molar refractivity (Wildman–Crippen MR) is 115 cm³/mol. The zero-order valence-corrected chi connectivity index (χ0v) is 18.6. The number of halogens is 2. The highest BCUT2D eigenvalue weighted by molar-refractivity contribution is 9.11.